The maximum Gasteiger partial charge on any atom is 0.250 e. The van der Waals surface area contributed by atoms with E-state index in [-0.39, 0.29) is 38.0 Å². The summed E-state index contributed by atoms with van der Waals surface area (Å²) in [5, 5.41) is 4.10. The third kappa shape index (κ3) is 47.1. The number of hydrogen-bond donors (Lipinski definition) is 0. The Balaban J connectivity index is -0.000000260. The summed E-state index contributed by atoms with van der Waals surface area (Å²) < 4.78 is 11.1. The van der Waals surface area contributed by atoms with E-state index in [9.17, 15) is 4.79 Å². The number of aromatic nitrogens is 8. The van der Waals surface area contributed by atoms with Crippen LogP contribution < -0.4 is 5.56 Å². The van der Waals surface area contributed by atoms with E-state index in [2.05, 4.69) is 286 Å². The zero-order chi connectivity index (χ0) is 83.2. The Morgan fingerprint density at radius 2 is 0.857 bits per heavy atom. The average molecular weight is 1450 g/mol. The van der Waals surface area contributed by atoms with Crippen LogP contribution in [0.2, 0.25) is 0 Å². The molecule has 9 aromatic rings. The van der Waals surface area contributed by atoms with Gasteiger partial charge in [-0.2, -0.15) is 5.10 Å². The maximum atomic E-state index is 11.1. The number of ether oxygens (including phenoxy) is 1. The predicted molar refractivity (Wildman–Crippen MR) is 470 cm³/mol. The minimum atomic E-state index is 0.0444. The molecule has 0 saturated carbocycles. The highest BCUT2D eigenvalue weighted by Gasteiger charge is 2.20. The van der Waals surface area contributed by atoms with E-state index in [4.69, 9.17) is 4.74 Å². The van der Waals surface area contributed by atoms with Crippen LogP contribution in [0, 0.1) is 0 Å². The van der Waals surface area contributed by atoms with Crippen LogP contribution in [-0.2, 0) is 76.8 Å². The highest BCUT2D eigenvalue weighted by molar-refractivity contribution is 5.76. The SMILES string of the molecule is CC.CC.CC.CC.CC.CC.CC.CC.CC(C)(C)c1ccc2c(c1)COCC2.CC(C)(C)c1ccccc1.CC(C)(C)c1ccccn1.CC(C)(C)c1ccncc1.CC(C)c1cccnc1.Cn1cc(C(C)(C)C)ccc1=O.Cn1cnc2ccc(C(C)(C)C)cc21.Cn1nccc1C(C)(C)C. The van der Waals surface area contributed by atoms with Crippen LogP contribution in [0.25, 0.3) is 11.0 Å². The van der Waals surface area contributed by atoms with Gasteiger partial charge >= 0.3 is 0 Å². The second-order valence-corrected chi connectivity index (χ2v) is 30.6. The zero-order valence-electron chi connectivity index (χ0n) is 75.8. The van der Waals surface area contributed by atoms with Gasteiger partial charge in [-0.1, -0.05) is 343 Å². The van der Waals surface area contributed by atoms with E-state index in [1.165, 1.54) is 55.7 Å². The summed E-state index contributed by atoms with van der Waals surface area (Å²) in [6.45, 7) is 84.1. The van der Waals surface area contributed by atoms with Gasteiger partial charge in [0.2, 0.25) is 5.56 Å². The quantitative estimate of drug-likeness (QED) is 0.161. The van der Waals surface area contributed by atoms with Crippen LogP contribution in [-0.4, -0.2) is 45.5 Å². The lowest BCUT2D eigenvalue weighted by Gasteiger charge is -2.23. The van der Waals surface area contributed by atoms with Gasteiger partial charge in [0.25, 0.3) is 0 Å². The van der Waals surface area contributed by atoms with E-state index < -0.39 is 0 Å². The molecule has 10 nitrogen and oxygen atoms in total. The number of rotatable bonds is 1. The molecule has 0 amide bonds. The van der Waals surface area contributed by atoms with Gasteiger partial charge in [0, 0.05) is 92.8 Å². The Kier molecular flexibility index (Phi) is 59.9. The zero-order valence-corrected chi connectivity index (χ0v) is 75.8. The summed E-state index contributed by atoms with van der Waals surface area (Å²) in [6.07, 6.45) is 15.9. The predicted octanol–water partition coefficient (Wildman–Crippen LogP) is 27.5. The third-order valence-electron chi connectivity index (χ3n) is 14.9. The summed E-state index contributed by atoms with van der Waals surface area (Å²) in [6, 6.07) is 43.6. The van der Waals surface area contributed by atoms with Crippen LogP contribution in [0.5, 0.6) is 0 Å². The molecule has 0 fully saturated rings. The highest BCUT2D eigenvalue weighted by atomic mass is 16.5. The summed E-state index contributed by atoms with van der Waals surface area (Å²) >= 11 is 0. The van der Waals surface area contributed by atoms with Gasteiger partial charge in [-0.25, -0.2) is 4.98 Å². The Labute approximate surface area is 649 Å². The highest BCUT2D eigenvalue weighted by Crippen LogP contribution is 2.29. The lowest BCUT2D eigenvalue weighted by Crippen LogP contribution is -2.19. The molecule has 0 N–H and O–H groups in total. The lowest BCUT2D eigenvalue weighted by molar-refractivity contribution is 0.110. The van der Waals surface area contributed by atoms with Crippen molar-refractivity contribution in [2.75, 3.05) is 6.61 Å². The van der Waals surface area contributed by atoms with Crippen LogP contribution in [0.3, 0.4) is 0 Å². The number of imidazole rings is 1. The number of pyridine rings is 4. The minimum absolute atomic E-state index is 0.0444. The first-order valence-corrected chi connectivity index (χ1v) is 39.7. The molecular weight excluding hydrogens is 1290 g/mol. The number of nitrogens with zero attached hydrogens (tertiary/aromatic N) is 8. The number of hydrogen-bond acceptors (Lipinski definition) is 7. The van der Waals surface area contributed by atoms with Gasteiger partial charge in [0.1, 0.15) is 0 Å². The van der Waals surface area contributed by atoms with Crippen LogP contribution in [0.4, 0.5) is 0 Å². The largest absolute Gasteiger partial charge is 0.376 e. The molecule has 0 unspecified atom stereocenters. The molecule has 0 radical (unpaired) electrons. The molecule has 7 heterocycles. The van der Waals surface area contributed by atoms with E-state index in [0.717, 1.165) is 30.8 Å². The van der Waals surface area contributed by atoms with Gasteiger partial charge in [-0.15, -0.1) is 0 Å². The molecule has 10 rings (SSSR count). The molecule has 6 aromatic heterocycles. The number of benzene rings is 3. The summed E-state index contributed by atoms with van der Waals surface area (Å²) in [4.78, 5) is 27.6. The van der Waals surface area contributed by atoms with Gasteiger partial charge in [-0.3, -0.25) is 24.4 Å². The van der Waals surface area contributed by atoms with Crippen molar-refractivity contribution in [1.82, 2.24) is 38.9 Å². The van der Waals surface area contributed by atoms with Crippen molar-refractivity contribution in [3.63, 3.8) is 0 Å². The van der Waals surface area contributed by atoms with Gasteiger partial charge < -0.3 is 13.9 Å². The fourth-order valence-electron chi connectivity index (χ4n) is 8.89. The van der Waals surface area contributed by atoms with Crippen molar-refractivity contribution in [2.45, 2.75) is 327 Å². The van der Waals surface area contributed by atoms with Crippen molar-refractivity contribution < 1.29 is 4.74 Å². The van der Waals surface area contributed by atoms with E-state index >= 15 is 0 Å². The molecule has 10 heteroatoms. The molecule has 0 bridgehead atoms. The number of fused-ring (bicyclic) bond motifs is 2. The van der Waals surface area contributed by atoms with Crippen molar-refractivity contribution >= 4 is 11.0 Å². The van der Waals surface area contributed by atoms with Crippen LogP contribution in [0.1, 0.15) is 332 Å². The smallest absolute Gasteiger partial charge is 0.250 e. The monoisotopic (exact) mass is 1450 g/mol. The van der Waals surface area contributed by atoms with E-state index in [1.54, 1.807) is 23.9 Å². The second-order valence-electron chi connectivity index (χ2n) is 30.6. The Hall–Kier alpha value is -7.30. The van der Waals surface area contributed by atoms with E-state index in [1.807, 2.05) is 197 Å². The first kappa shape index (κ1) is 109. The Bertz CT molecular complexity index is 3380. The average Bonchev–Trinajstić information content (AvgIpc) is 1.74. The van der Waals surface area contributed by atoms with Crippen molar-refractivity contribution in [2.24, 2.45) is 21.1 Å². The Morgan fingerprint density at radius 3 is 1.22 bits per heavy atom. The van der Waals surface area contributed by atoms with Crippen LogP contribution >= 0.6 is 0 Å². The Morgan fingerprint density at radius 1 is 0.390 bits per heavy atom. The molecule has 3 aromatic carbocycles. The fourth-order valence-corrected chi connectivity index (χ4v) is 8.89. The lowest BCUT2D eigenvalue weighted by atomic mass is 9.85. The van der Waals surface area contributed by atoms with Crippen molar-refractivity contribution in [3.8, 4) is 0 Å². The van der Waals surface area contributed by atoms with Gasteiger partial charge in [0.05, 0.1) is 30.6 Å². The number of aryl methyl sites for hydroxylation is 3. The first-order valence-electron chi connectivity index (χ1n) is 39.7. The standard InChI is InChI=1S/C13H18O.C12H16N2.C10H15NO.C10H14.2C9H13N.C8H14N2.C8H11N.8C2H6/c1-13(2,3)12-5-4-10-6-7-14-9-11(10)8-12;1-12(2,3)9-5-6-10-11(7-9)14(4)8-13-10;1-10(2,3)8-5-6-9(12)11(4)7-8;1-10(2,3)9-7-5-4-6-8-9;1-9(2,3)8-4-6-10-7-5-8;1-9(2,3)8-6-4-5-7-10-8;1-8(2,3)7-5-6-9-10(7)4;1-7(2)8-4-3-5-9-6-8;8*1-2/h4-5,8H,6-7,9H2,1-3H3;5-8H,1-4H3;5-7H,1-4H3;4-8H,1-3H3;2*4-7H,1-3H3;5-6H,1-4H3;3-7H,1-2H3;8*1-2H3. The topological polar surface area (TPSA) is 106 Å². The molecule has 594 valence electrons. The molecule has 105 heavy (non-hydrogen) atoms. The van der Waals surface area contributed by atoms with E-state index in [0.29, 0.717) is 11.3 Å². The molecule has 0 aliphatic carbocycles. The molecule has 1 aliphatic heterocycles. The van der Waals surface area contributed by atoms with Gasteiger partial charge in [-0.05, 0) is 132 Å². The maximum absolute atomic E-state index is 11.1. The first-order chi connectivity index (χ1) is 49.1. The normalized spacial score (nSPS) is 10.9. The van der Waals surface area contributed by atoms with Crippen LogP contribution in [0.15, 0.2) is 182 Å². The summed E-state index contributed by atoms with van der Waals surface area (Å²) in [5.74, 6) is 0.596. The summed E-state index contributed by atoms with van der Waals surface area (Å²) in [7, 11) is 5.78. The molecule has 0 saturated heterocycles. The molecule has 0 spiro atoms. The summed E-state index contributed by atoms with van der Waals surface area (Å²) in [5.41, 5.74) is 17.1. The van der Waals surface area contributed by atoms with Crippen molar-refractivity contribution in [3.05, 3.63) is 243 Å². The molecule has 1 aliphatic rings. The van der Waals surface area contributed by atoms with Crippen molar-refractivity contribution in [1.29, 1.82) is 0 Å². The van der Waals surface area contributed by atoms with Gasteiger partial charge in [0.15, 0.2) is 0 Å². The second kappa shape index (κ2) is 57.9. The molecular formula is C95H162N8O2. The minimum Gasteiger partial charge on any atom is -0.376 e. The fraction of sp³-hybridized carbons (Fsp3) is 0.558. The third-order valence-corrected chi connectivity index (χ3v) is 14.9. The molecule has 0 atom stereocenters.